The van der Waals surface area contributed by atoms with Crippen LogP contribution in [0.1, 0.15) is 194 Å². The van der Waals surface area contributed by atoms with E-state index >= 15 is 0 Å². The van der Waals surface area contributed by atoms with E-state index in [1.807, 2.05) is 6.08 Å². The molecule has 17 unspecified atom stereocenters. The number of rotatable bonds is 45. The summed E-state index contributed by atoms with van der Waals surface area (Å²) in [7, 11) is 0. The van der Waals surface area contributed by atoms with E-state index in [2.05, 4.69) is 67.8 Å². The maximum Gasteiger partial charge on any atom is 0.220 e. The van der Waals surface area contributed by atoms with Crippen molar-refractivity contribution in [1.82, 2.24) is 5.32 Å². The van der Waals surface area contributed by atoms with Crippen molar-refractivity contribution >= 4 is 5.91 Å². The molecule has 0 aliphatic carbocycles. The largest absolute Gasteiger partial charge is 0.394 e. The number of nitrogens with one attached hydrogen (secondary N) is 1. The number of aliphatic hydroxyl groups excluding tert-OH is 11. The van der Waals surface area contributed by atoms with Crippen LogP contribution in [0.5, 0.6) is 0 Å². The average Bonchev–Trinajstić information content (AvgIpc) is 3.51. The summed E-state index contributed by atoms with van der Waals surface area (Å²) in [5, 5.41) is 120. The highest BCUT2D eigenvalue weighted by Gasteiger charge is 2.53. The quantitative estimate of drug-likeness (QED) is 0.0244. The fraction of sp³-hybridized carbons (Fsp3) is 0.823. The van der Waals surface area contributed by atoms with E-state index in [4.69, 9.17) is 28.4 Å². The van der Waals surface area contributed by atoms with Gasteiger partial charge in [0, 0.05) is 6.42 Å². The second-order valence-corrected chi connectivity index (χ2v) is 22.1. The predicted molar refractivity (Wildman–Crippen MR) is 309 cm³/mol. The van der Waals surface area contributed by atoms with E-state index in [0.29, 0.717) is 12.8 Å². The van der Waals surface area contributed by atoms with Crippen molar-refractivity contribution in [2.45, 2.75) is 298 Å². The van der Waals surface area contributed by atoms with Gasteiger partial charge in [0.1, 0.15) is 73.2 Å². The van der Waals surface area contributed by atoms with Crippen molar-refractivity contribution in [3.05, 3.63) is 60.8 Å². The molecule has 3 aliphatic rings. The molecule has 1 amide bonds. The van der Waals surface area contributed by atoms with Crippen LogP contribution < -0.4 is 5.32 Å². The smallest absolute Gasteiger partial charge is 0.220 e. The second kappa shape index (κ2) is 44.9. The van der Waals surface area contributed by atoms with Crippen LogP contribution in [0.2, 0.25) is 0 Å². The zero-order valence-electron chi connectivity index (χ0n) is 49.0. The second-order valence-electron chi connectivity index (χ2n) is 22.1. The first-order chi connectivity index (χ1) is 39.3. The number of unbranched alkanes of at least 4 members (excludes halogenated alkanes) is 21. The summed E-state index contributed by atoms with van der Waals surface area (Å²) < 4.78 is 34.2. The minimum absolute atomic E-state index is 0.213. The molecule has 3 heterocycles. The Bertz CT molecular complexity index is 1710. The lowest BCUT2D eigenvalue weighted by Crippen LogP contribution is -2.66. The Hall–Kier alpha value is -2.51. The molecular weight excluding hydrogens is 1050 g/mol. The molecule has 19 heteroatoms. The molecule has 0 radical (unpaired) electrons. The molecule has 17 atom stereocenters. The molecule has 19 nitrogen and oxygen atoms in total. The van der Waals surface area contributed by atoms with Crippen LogP contribution in [0.4, 0.5) is 0 Å². The molecule has 0 bridgehead atoms. The fourth-order valence-corrected chi connectivity index (χ4v) is 10.1. The lowest BCUT2D eigenvalue weighted by Gasteiger charge is -2.48. The van der Waals surface area contributed by atoms with Gasteiger partial charge in [0.15, 0.2) is 18.9 Å². The standard InChI is InChI=1S/C62H109NO18/c1-3-5-7-9-11-13-15-17-18-19-20-21-22-23-24-25-26-28-29-31-33-35-37-39-46(67)45(63-50(68)40-38-36-34-32-30-27-16-14-12-10-8-6-4-2)44-76-60-56(74)53(71)58(48(42-65)78-60)81-62-57(75)54(72)59(49(43-66)79-62)80-61-55(73)52(70)51(69)47(41-64)77-61/h8,10,14,16,24-25,29,31,37,39,45-49,51-62,64-67,69-75H,3-7,9,11-13,15,17-23,26-28,30,32-36,38,40-44H2,1-2H3,(H,63,68)/b10-8-,16-14-,25-24+,31-29+,39-37+. The van der Waals surface area contributed by atoms with Crippen LogP contribution in [-0.4, -0.2) is 193 Å². The van der Waals surface area contributed by atoms with Crippen molar-refractivity contribution < 1.29 is 89.4 Å². The molecule has 12 N–H and O–H groups in total. The first kappa shape index (κ1) is 72.7. The zero-order valence-corrected chi connectivity index (χ0v) is 49.0. The minimum atomic E-state index is -1.98. The van der Waals surface area contributed by atoms with E-state index in [-0.39, 0.29) is 18.9 Å². The van der Waals surface area contributed by atoms with Crippen LogP contribution >= 0.6 is 0 Å². The molecule has 0 saturated carbocycles. The van der Waals surface area contributed by atoms with Gasteiger partial charge in [0.2, 0.25) is 5.91 Å². The van der Waals surface area contributed by atoms with Crippen LogP contribution in [0.3, 0.4) is 0 Å². The molecule has 3 saturated heterocycles. The van der Waals surface area contributed by atoms with Crippen LogP contribution in [0, 0.1) is 0 Å². The Morgan fingerprint density at radius 3 is 1.36 bits per heavy atom. The van der Waals surface area contributed by atoms with Crippen molar-refractivity contribution in [3.8, 4) is 0 Å². The van der Waals surface area contributed by atoms with Crippen molar-refractivity contribution in [1.29, 1.82) is 0 Å². The number of ether oxygens (including phenoxy) is 6. The normalized spacial score (nSPS) is 30.2. The summed E-state index contributed by atoms with van der Waals surface area (Å²) in [6, 6.07) is -1.00. The van der Waals surface area contributed by atoms with Gasteiger partial charge in [-0.15, -0.1) is 0 Å². The van der Waals surface area contributed by atoms with E-state index in [0.717, 1.165) is 77.0 Å². The van der Waals surface area contributed by atoms with Gasteiger partial charge in [-0.3, -0.25) is 4.79 Å². The van der Waals surface area contributed by atoms with Crippen LogP contribution in [0.15, 0.2) is 60.8 Å². The summed E-state index contributed by atoms with van der Waals surface area (Å²) in [6.45, 7) is 1.61. The molecule has 3 fully saturated rings. The number of carbonyl (C=O) groups is 1. The van der Waals surface area contributed by atoms with Gasteiger partial charge in [0.25, 0.3) is 0 Å². The summed E-state index contributed by atoms with van der Waals surface area (Å²) in [4.78, 5) is 13.3. The van der Waals surface area contributed by atoms with E-state index in [1.54, 1.807) is 6.08 Å². The fourth-order valence-electron chi connectivity index (χ4n) is 10.1. The number of hydrogen-bond donors (Lipinski definition) is 12. The summed E-state index contributed by atoms with van der Waals surface area (Å²) in [6.07, 6.45) is 25.0. The summed E-state index contributed by atoms with van der Waals surface area (Å²) >= 11 is 0. The van der Waals surface area contributed by atoms with Crippen LogP contribution in [-0.2, 0) is 33.2 Å². The van der Waals surface area contributed by atoms with Gasteiger partial charge in [0.05, 0.1) is 38.6 Å². The average molecular weight is 1160 g/mol. The predicted octanol–water partition coefficient (Wildman–Crippen LogP) is 6.04. The zero-order chi connectivity index (χ0) is 59.0. The van der Waals surface area contributed by atoms with E-state index in [9.17, 15) is 61.0 Å². The van der Waals surface area contributed by atoms with Crippen molar-refractivity contribution in [3.63, 3.8) is 0 Å². The highest BCUT2D eigenvalue weighted by atomic mass is 16.8. The Balaban J connectivity index is 1.50. The Morgan fingerprint density at radius 1 is 0.444 bits per heavy atom. The highest BCUT2D eigenvalue weighted by molar-refractivity contribution is 5.76. The third-order valence-corrected chi connectivity index (χ3v) is 15.2. The number of hydrogen-bond acceptors (Lipinski definition) is 18. The van der Waals surface area contributed by atoms with Gasteiger partial charge >= 0.3 is 0 Å². The van der Waals surface area contributed by atoms with Crippen molar-refractivity contribution in [2.24, 2.45) is 0 Å². The lowest BCUT2D eigenvalue weighted by atomic mass is 9.96. The Kier molecular flexibility index (Phi) is 40.3. The topological polar surface area (TPSA) is 307 Å². The molecule has 3 aliphatic heterocycles. The van der Waals surface area contributed by atoms with Gasteiger partial charge in [-0.1, -0.05) is 177 Å². The molecule has 0 aromatic heterocycles. The van der Waals surface area contributed by atoms with Gasteiger partial charge in [-0.25, -0.2) is 0 Å². The van der Waals surface area contributed by atoms with Gasteiger partial charge < -0.3 is 89.9 Å². The number of allylic oxidation sites excluding steroid dienone is 9. The van der Waals surface area contributed by atoms with Crippen LogP contribution in [0.25, 0.3) is 0 Å². The monoisotopic (exact) mass is 1160 g/mol. The third-order valence-electron chi connectivity index (χ3n) is 15.2. The summed E-state index contributed by atoms with van der Waals surface area (Å²) in [5.41, 5.74) is 0. The first-order valence-corrected chi connectivity index (χ1v) is 31.0. The molecule has 3 rings (SSSR count). The molecule has 81 heavy (non-hydrogen) atoms. The first-order valence-electron chi connectivity index (χ1n) is 31.0. The molecule has 0 spiro atoms. The number of carbonyl (C=O) groups excluding carboxylic acids is 1. The van der Waals surface area contributed by atoms with Gasteiger partial charge in [-0.2, -0.15) is 0 Å². The maximum absolute atomic E-state index is 13.3. The molecule has 0 aromatic carbocycles. The van der Waals surface area contributed by atoms with Crippen molar-refractivity contribution in [2.75, 3.05) is 26.4 Å². The Labute approximate surface area is 484 Å². The lowest BCUT2D eigenvalue weighted by molar-refractivity contribution is -0.379. The molecular formula is C62H109NO18. The molecule has 0 aromatic rings. The number of amides is 1. The third kappa shape index (κ3) is 28.5. The Morgan fingerprint density at radius 2 is 0.852 bits per heavy atom. The van der Waals surface area contributed by atoms with E-state index < -0.39 is 124 Å². The maximum atomic E-state index is 13.3. The SMILES string of the molecule is CCC/C=C\C/C=C\CCCCCCCC(=O)NC(COC1OC(CO)C(OC2OC(CO)C(OC3OC(CO)C(O)C(O)C3O)C(O)C2O)C(O)C1O)C(O)/C=C/CC/C=C/CC/C=C/CCCCCCCCCCCCCCC. The number of aliphatic hydroxyl groups is 11. The highest BCUT2D eigenvalue weighted by Crippen LogP contribution is 2.33. The minimum Gasteiger partial charge on any atom is -0.394 e. The summed E-state index contributed by atoms with van der Waals surface area (Å²) in [5.74, 6) is -0.307. The van der Waals surface area contributed by atoms with Gasteiger partial charge in [-0.05, 0) is 70.6 Å². The molecule has 470 valence electrons. The van der Waals surface area contributed by atoms with E-state index in [1.165, 1.54) is 83.5 Å².